The number of hydrogen-bond acceptors (Lipinski definition) is 7. The fourth-order valence-corrected chi connectivity index (χ4v) is 5.69. The maximum atomic E-state index is 13.7. The summed E-state index contributed by atoms with van der Waals surface area (Å²) in [6, 6.07) is 7.90. The predicted octanol–water partition coefficient (Wildman–Crippen LogP) is 2.80. The van der Waals surface area contributed by atoms with Crippen LogP contribution in [0.25, 0.3) is 27.7 Å². The van der Waals surface area contributed by atoms with Gasteiger partial charge in [-0.25, -0.2) is 12.8 Å². The average Bonchev–Trinajstić information content (AvgIpc) is 3.56. The molecule has 0 spiro atoms. The van der Waals surface area contributed by atoms with Crippen LogP contribution in [0.5, 0.6) is 0 Å². The quantitative estimate of drug-likeness (QED) is 0.450. The maximum absolute atomic E-state index is 13.7. The number of allylic oxidation sites excluding steroid dienone is 2. The van der Waals surface area contributed by atoms with E-state index in [0.717, 1.165) is 15.2 Å². The average molecular weight is 476 g/mol. The Hall–Kier alpha value is -4.12. The standard InChI is InChI=1S/C23H18FN7O2S/c1-29-13-18(10-27-29)17-8-21-20(25-9-17)11-28-31(21)34(32,33)23-12-26-22-6-5-16(14-30(22)23)15-3-2-4-19(24)7-15/h2-11,13-14,23H,12H2,1H3. The number of nitrogens with zero attached hydrogens (tertiary/aromatic N) is 7. The van der Waals surface area contributed by atoms with E-state index in [2.05, 4.69) is 20.2 Å². The van der Waals surface area contributed by atoms with Crippen LogP contribution in [0.15, 0.2) is 78.5 Å². The Morgan fingerprint density at radius 2 is 1.91 bits per heavy atom. The van der Waals surface area contributed by atoms with Crippen molar-refractivity contribution in [2.45, 2.75) is 5.37 Å². The lowest BCUT2D eigenvalue weighted by Gasteiger charge is -2.26. The number of hydrogen-bond donors (Lipinski definition) is 0. The topological polar surface area (TPSA) is 98.3 Å². The highest BCUT2D eigenvalue weighted by Gasteiger charge is 2.39. The third-order valence-corrected chi connectivity index (χ3v) is 7.68. The lowest BCUT2D eigenvalue weighted by atomic mass is 10.0. The number of rotatable bonds is 4. The van der Waals surface area contributed by atoms with E-state index in [-0.39, 0.29) is 12.4 Å². The normalized spacial score (nSPS) is 17.7. The third-order valence-electron chi connectivity index (χ3n) is 5.84. The number of benzene rings is 1. The van der Waals surface area contributed by atoms with Gasteiger partial charge in [0.15, 0.2) is 5.37 Å². The molecule has 0 bridgehead atoms. The molecule has 0 amide bonds. The molecule has 0 saturated heterocycles. The Balaban J connectivity index is 1.40. The molecular formula is C23H18FN7O2S. The molecule has 34 heavy (non-hydrogen) atoms. The van der Waals surface area contributed by atoms with E-state index in [4.69, 9.17) is 0 Å². The summed E-state index contributed by atoms with van der Waals surface area (Å²) in [7, 11) is -2.19. The van der Waals surface area contributed by atoms with Crippen LogP contribution in [0.4, 0.5) is 4.39 Å². The van der Waals surface area contributed by atoms with Crippen LogP contribution in [-0.2, 0) is 17.1 Å². The molecule has 1 unspecified atom stereocenters. The van der Waals surface area contributed by atoms with Crippen LogP contribution >= 0.6 is 0 Å². The summed E-state index contributed by atoms with van der Waals surface area (Å²) in [5, 5.41) is 7.33. The van der Waals surface area contributed by atoms with Crippen molar-refractivity contribution in [1.29, 1.82) is 0 Å². The van der Waals surface area contributed by atoms with Crippen molar-refractivity contribution < 1.29 is 12.8 Å². The second-order valence-corrected chi connectivity index (χ2v) is 9.97. The van der Waals surface area contributed by atoms with Gasteiger partial charge < -0.3 is 4.90 Å². The van der Waals surface area contributed by atoms with Crippen molar-refractivity contribution >= 4 is 32.5 Å². The molecule has 1 aromatic carbocycles. The van der Waals surface area contributed by atoms with E-state index in [9.17, 15) is 12.8 Å². The van der Waals surface area contributed by atoms with E-state index in [0.29, 0.717) is 28.0 Å². The first-order valence-corrected chi connectivity index (χ1v) is 12.0. The SMILES string of the molecule is Cn1cc(-c2cnc3cnn(S(=O)(=O)C4CN=C5C=CC(c6cccc(F)c6)=CN54)c3c2)cn1. The molecule has 5 heterocycles. The van der Waals surface area contributed by atoms with Crippen molar-refractivity contribution in [2.75, 3.05) is 6.54 Å². The zero-order valence-corrected chi connectivity index (χ0v) is 18.8. The van der Waals surface area contributed by atoms with Crippen molar-refractivity contribution in [1.82, 2.24) is 28.9 Å². The molecule has 3 aromatic heterocycles. The molecule has 0 aliphatic carbocycles. The van der Waals surface area contributed by atoms with Crippen LogP contribution < -0.4 is 0 Å². The minimum absolute atomic E-state index is 0.0476. The number of pyridine rings is 1. The minimum atomic E-state index is -4.00. The summed E-state index contributed by atoms with van der Waals surface area (Å²) in [5.74, 6) is 0.163. The minimum Gasteiger partial charge on any atom is -0.312 e. The number of aromatic nitrogens is 5. The second kappa shape index (κ2) is 7.45. The van der Waals surface area contributed by atoms with E-state index in [1.165, 1.54) is 18.3 Å². The van der Waals surface area contributed by atoms with E-state index < -0.39 is 15.4 Å². The van der Waals surface area contributed by atoms with Gasteiger partial charge >= 0.3 is 0 Å². The number of halogens is 1. The monoisotopic (exact) mass is 475 g/mol. The Bertz CT molecular complexity index is 1650. The van der Waals surface area contributed by atoms with Crippen LogP contribution in [0.3, 0.4) is 0 Å². The van der Waals surface area contributed by atoms with Crippen LogP contribution in [-0.4, -0.2) is 55.0 Å². The van der Waals surface area contributed by atoms with Gasteiger partial charge in [0.25, 0.3) is 10.0 Å². The first-order valence-electron chi connectivity index (χ1n) is 10.5. The number of fused-ring (bicyclic) bond motifs is 2. The highest BCUT2D eigenvalue weighted by atomic mass is 32.2. The third kappa shape index (κ3) is 3.24. The fraction of sp³-hybridized carbons (Fsp3) is 0.130. The zero-order valence-electron chi connectivity index (χ0n) is 17.9. The Morgan fingerprint density at radius 3 is 2.71 bits per heavy atom. The van der Waals surface area contributed by atoms with Gasteiger partial charge in [-0.1, -0.05) is 12.1 Å². The molecule has 170 valence electrons. The predicted molar refractivity (Wildman–Crippen MR) is 125 cm³/mol. The Morgan fingerprint density at radius 1 is 1.03 bits per heavy atom. The lowest BCUT2D eigenvalue weighted by molar-refractivity contribution is 0.497. The van der Waals surface area contributed by atoms with Crippen LogP contribution in [0, 0.1) is 5.82 Å². The van der Waals surface area contributed by atoms with Crippen molar-refractivity contribution in [3.63, 3.8) is 0 Å². The second-order valence-electron chi connectivity index (χ2n) is 8.05. The largest absolute Gasteiger partial charge is 0.312 e. The summed E-state index contributed by atoms with van der Waals surface area (Å²) >= 11 is 0. The van der Waals surface area contributed by atoms with Crippen LogP contribution in [0.2, 0.25) is 0 Å². The van der Waals surface area contributed by atoms with Crippen molar-refractivity contribution in [3.05, 3.63) is 84.9 Å². The highest BCUT2D eigenvalue weighted by Crippen LogP contribution is 2.30. The van der Waals surface area contributed by atoms with E-state index in [1.807, 2.05) is 6.20 Å². The van der Waals surface area contributed by atoms with Gasteiger partial charge in [-0.05, 0) is 41.5 Å². The first kappa shape index (κ1) is 20.5. The molecule has 0 saturated carbocycles. The van der Waals surface area contributed by atoms with Crippen molar-refractivity contribution in [2.24, 2.45) is 12.0 Å². The molecule has 6 rings (SSSR count). The van der Waals surface area contributed by atoms with Gasteiger partial charge in [0.2, 0.25) is 0 Å². The van der Waals surface area contributed by atoms with Gasteiger partial charge in [-0.15, -0.1) is 0 Å². The Kier molecular flexibility index (Phi) is 4.49. The molecule has 1 atom stereocenters. The summed E-state index contributed by atoms with van der Waals surface area (Å²) in [4.78, 5) is 10.4. The van der Waals surface area contributed by atoms with Gasteiger partial charge in [-0.2, -0.15) is 14.3 Å². The highest BCUT2D eigenvalue weighted by molar-refractivity contribution is 7.90. The summed E-state index contributed by atoms with van der Waals surface area (Å²) in [6.45, 7) is 0.0476. The smallest absolute Gasteiger partial charge is 0.277 e. The first-order chi connectivity index (χ1) is 16.4. The number of aliphatic imine (C=N–C) groups is 1. The van der Waals surface area contributed by atoms with Gasteiger partial charge in [0.1, 0.15) is 22.7 Å². The van der Waals surface area contributed by atoms with Crippen LogP contribution in [0.1, 0.15) is 5.56 Å². The van der Waals surface area contributed by atoms with Gasteiger partial charge in [-0.3, -0.25) is 14.7 Å². The fourth-order valence-electron chi connectivity index (χ4n) is 4.14. The molecular weight excluding hydrogens is 457 g/mol. The molecule has 11 heteroatoms. The Labute approximate surface area is 194 Å². The molecule has 0 fully saturated rings. The van der Waals surface area contributed by atoms with Gasteiger partial charge in [0, 0.05) is 36.8 Å². The lowest BCUT2D eigenvalue weighted by Crippen LogP contribution is -2.42. The van der Waals surface area contributed by atoms with E-state index >= 15 is 0 Å². The van der Waals surface area contributed by atoms with Gasteiger partial charge in [0.05, 0.1) is 18.9 Å². The summed E-state index contributed by atoms with van der Waals surface area (Å²) in [6.07, 6.45) is 11.8. The molecule has 0 N–H and O–H groups in total. The number of amidine groups is 1. The molecule has 0 radical (unpaired) electrons. The molecule has 2 aliphatic rings. The number of aryl methyl sites for hydroxylation is 1. The maximum Gasteiger partial charge on any atom is 0.277 e. The molecule has 2 aliphatic heterocycles. The van der Waals surface area contributed by atoms with Crippen molar-refractivity contribution in [3.8, 4) is 11.1 Å². The summed E-state index contributed by atoms with van der Waals surface area (Å²) < 4.78 is 43.9. The van der Waals surface area contributed by atoms with E-state index in [1.54, 1.807) is 65.6 Å². The molecule has 4 aromatic rings. The zero-order chi connectivity index (χ0) is 23.4. The summed E-state index contributed by atoms with van der Waals surface area (Å²) in [5.41, 5.74) is 3.72. The molecule has 9 nitrogen and oxygen atoms in total.